The molecule has 0 fully saturated rings. The molecule has 3 heterocycles. The fourth-order valence-corrected chi connectivity index (χ4v) is 5.93. The Morgan fingerprint density at radius 1 is 0.780 bits per heavy atom. The van der Waals surface area contributed by atoms with Crippen molar-refractivity contribution in [2.45, 2.75) is 60.5 Å². The number of hydrogen-bond donors (Lipinski definition) is 1. The molecule has 50 heavy (non-hydrogen) atoms. The third kappa shape index (κ3) is 7.86. The summed E-state index contributed by atoms with van der Waals surface area (Å²) in [7, 11) is 1.62. The molecule has 7 rings (SSSR count). The van der Waals surface area contributed by atoms with Gasteiger partial charge in [0.15, 0.2) is 11.5 Å². The summed E-state index contributed by atoms with van der Waals surface area (Å²) in [4.78, 5) is 21.0. The summed E-state index contributed by atoms with van der Waals surface area (Å²) in [6.45, 7) is 11.8. The van der Waals surface area contributed by atoms with E-state index in [0.717, 1.165) is 75.2 Å². The summed E-state index contributed by atoms with van der Waals surface area (Å²) in [5.74, 6) is 3.94. The minimum Gasteiger partial charge on any atom is -0.493 e. The van der Waals surface area contributed by atoms with Crippen molar-refractivity contribution in [2.75, 3.05) is 13.7 Å². The fourth-order valence-electron chi connectivity index (χ4n) is 5.93. The van der Waals surface area contributed by atoms with Crippen molar-refractivity contribution in [3.05, 3.63) is 114 Å². The number of rotatable bonds is 11. The lowest BCUT2D eigenvalue weighted by atomic mass is 10.0. The number of imidazole rings is 1. The zero-order valence-electron chi connectivity index (χ0n) is 29.8. The van der Waals surface area contributed by atoms with Crippen molar-refractivity contribution in [3.63, 3.8) is 0 Å². The molecule has 8 heteroatoms. The van der Waals surface area contributed by atoms with Crippen LogP contribution in [0.1, 0.15) is 56.4 Å². The summed E-state index contributed by atoms with van der Waals surface area (Å²) in [6, 6.07) is 28.8. The van der Waals surface area contributed by atoms with Gasteiger partial charge in [0.25, 0.3) is 0 Å². The molecule has 0 aliphatic heterocycles. The van der Waals surface area contributed by atoms with Crippen LogP contribution in [-0.2, 0) is 13.0 Å². The van der Waals surface area contributed by atoms with Gasteiger partial charge < -0.3 is 19.2 Å². The Balaban J connectivity index is 0.000000173. The van der Waals surface area contributed by atoms with Crippen LogP contribution < -0.4 is 14.2 Å². The second kappa shape index (κ2) is 15.8. The number of aromatic nitrogens is 5. The van der Waals surface area contributed by atoms with Crippen LogP contribution in [0.5, 0.6) is 17.2 Å². The molecular formula is C42H45N5O3. The molecule has 8 nitrogen and oxygen atoms in total. The molecule has 1 unspecified atom stereocenters. The van der Waals surface area contributed by atoms with Crippen LogP contribution in [0, 0.1) is 19.8 Å². The lowest BCUT2D eigenvalue weighted by molar-refractivity contribution is 0.279. The van der Waals surface area contributed by atoms with Gasteiger partial charge in [0.1, 0.15) is 30.0 Å². The Kier molecular flexibility index (Phi) is 10.9. The van der Waals surface area contributed by atoms with Crippen LogP contribution in [0.4, 0.5) is 0 Å². The van der Waals surface area contributed by atoms with Gasteiger partial charge in [-0.1, -0.05) is 63.6 Å². The number of nitrogens with zero attached hydrogens (tertiary/aromatic N) is 4. The number of methoxy groups -OCH3 is 1. The van der Waals surface area contributed by atoms with E-state index in [4.69, 9.17) is 14.2 Å². The highest BCUT2D eigenvalue weighted by molar-refractivity contribution is 5.88. The molecule has 0 radical (unpaired) electrons. The van der Waals surface area contributed by atoms with Crippen LogP contribution in [0.2, 0.25) is 0 Å². The molecule has 0 saturated heterocycles. The standard InChI is InChI=1S/C22H28N2O.C20H17N3O2/c1-5-15(3)11-12-25-22-10-8-18(13-17(22)6-2)19-7-9-20-21(14-19)24-16(4)23-20;1-13-16-9-10-18(20(24-2)19(16)22-12-21-13)25-11-15-8-7-14-5-3-4-6-17(14)23-15/h7-10,13-15H,5-6,11-12H2,1-4H3,(H,23,24);3-10,12H,11H2,1-2H3. The number of fused-ring (bicyclic) bond motifs is 3. The van der Waals surface area contributed by atoms with Crippen LogP contribution in [-0.4, -0.2) is 38.6 Å². The predicted octanol–water partition coefficient (Wildman–Crippen LogP) is 9.99. The zero-order valence-corrected chi connectivity index (χ0v) is 29.8. The highest BCUT2D eigenvalue weighted by Gasteiger charge is 2.13. The van der Waals surface area contributed by atoms with Crippen molar-refractivity contribution >= 4 is 32.8 Å². The molecule has 7 aromatic rings. The number of hydrogen-bond acceptors (Lipinski definition) is 7. The molecule has 0 bridgehead atoms. The first kappa shape index (κ1) is 34.4. The largest absolute Gasteiger partial charge is 0.493 e. The normalized spacial score (nSPS) is 11.7. The maximum absolute atomic E-state index is 6.05. The Morgan fingerprint density at radius 3 is 2.40 bits per heavy atom. The zero-order chi connectivity index (χ0) is 35.0. The molecule has 1 atom stereocenters. The molecule has 0 amide bonds. The predicted molar refractivity (Wildman–Crippen MR) is 202 cm³/mol. The van der Waals surface area contributed by atoms with Gasteiger partial charge in [-0.25, -0.2) is 19.9 Å². The van der Waals surface area contributed by atoms with E-state index >= 15 is 0 Å². The molecule has 4 aromatic carbocycles. The van der Waals surface area contributed by atoms with Gasteiger partial charge in [-0.15, -0.1) is 0 Å². The minimum absolute atomic E-state index is 0.358. The Hall–Kier alpha value is -5.50. The van der Waals surface area contributed by atoms with E-state index < -0.39 is 0 Å². The van der Waals surface area contributed by atoms with Gasteiger partial charge in [0.05, 0.1) is 36.0 Å². The highest BCUT2D eigenvalue weighted by atomic mass is 16.5. The number of ether oxygens (including phenoxy) is 3. The number of pyridine rings is 1. The Morgan fingerprint density at radius 2 is 1.58 bits per heavy atom. The Bertz CT molecular complexity index is 2230. The Labute approximate surface area is 293 Å². The molecule has 0 aliphatic rings. The van der Waals surface area contributed by atoms with Gasteiger partial charge in [-0.05, 0) is 97.8 Å². The number of aryl methyl sites for hydroxylation is 3. The minimum atomic E-state index is 0.358. The summed E-state index contributed by atoms with van der Waals surface area (Å²) in [6.07, 6.45) is 4.82. The van der Waals surface area contributed by atoms with Gasteiger partial charge in [0.2, 0.25) is 0 Å². The van der Waals surface area contributed by atoms with E-state index in [1.54, 1.807) is 7.11 Å². The van der Waals surface area contributed by atoms with E-state index in [1.807, 2.05) is 56.3 Å². The SMILES string of the molecule is CCc1cc(-c2ccc3nc(C)[nH]c3c2)ccc1OCCC(C)CC.COc1c(OCc2ccc3ccccc3n2)ccc2c(C)ncnc12. The maximum atomic E-state index is 6.05. The van der Waals surface area contributed by atoms with Gasteiger partial charge in [-0.3, -0.25) is 0 Å². The first-order chi connectivity index (χ1) is 24.4. The molecule has 0 aliphatic carbocycles. The van der Waals surface area contributed by atoms with Gasteiger partial charge in [0, 0.05) is 16.5 Å². The van der Waals surface area contributed by atoms with Crippen molar-refractivity contribution < 1.29 is 14.2 Å². The van der Waals surface area contributed by atoms with E-state index in [2.05, 4.69) is 88.2 Å². The third-order valence-electron chi connectivity index (χ3n) is 9.10. The van der Waals surface area contributed by atoms with E-state index in [0.29, 0.717) is 24.0 Å². The number of nitrogens with one attached hydrogen (secondary N) is 1. The van der Waals surface area contributed by atoms with E-state index in [1.165, 1.54) is 29.4 Å². The smallest absolute Gasteiger partial charge is 0.187 e. The van der Waals surface area contributed by atoms with Crippen molar-refractivity contribution in [1.29, 1.82) is 0 Å². The second-order valence-electron chi connectivity index (χ2n) is 12.6. The first-order valence-electron chi connectivity index (χ1n) is 17.3. The highest BCUT2D eigenvalue weighted by Crippen LogP contribution is 2.35. The number of aromatic amines is 1. The topological polar surface area (TPSA) is 95.0 Å². The molecular weight excluding hydrogens is 622 g/mol. The second-order valence-corrected chi connectivity index (χ2v) is 12.6. The van der Waals surface area contributed by atoms with Gasteiger partial charge >= 0.3 is 0 Å². The summed E-state index contributed by atoms with van der Waals surface area (Å²) < 4.78 is 17.5. The van der Waals surface area contributed by atoms with Crippen molar-refractivity contribution in [3.8, 4) is 28.4 Å². The summed E-state index contributed by atoms with van der Waals surface area (Å²) in [5.41, 5.74) is 9.27. The molecule has 1 N–H and O–H groups in total. The van der Waals surface area contributed by atoms with E-state index in [-0.39, 0.29) is 0 Å². The third-order valence-corrected chi connectivity index (χ3v) is 9.10. The van der Waals surface area contributed by atoms with Crippen LogP contribution in [0.25, 0.3) is 44.0 Å². The molecule has 0 saturated carbocycles. The molecule has 0 spiro atoms. The van der Waals surface area contributed by atoms with Crippen LogP contribution in [0.15, 0.2) is 91.3 Å². The monoisotopic (exact) mass is 667 g/mol. The van der Waals surface area contributed by atoms with E-state index in [9.17, 15) is 0 Å². The van der Waals surface area contributed by atoms with Crippen molar-refractivity contribution in [1.82, 2.24) is 24.9 Å². The first-order valence-corrected chi connectivity index (χ1v) is 17.3. The molecule has 3 aromatic heterocycles. The maximum Gasteiger partial charge on any atom is 0.187 e. The lowest BCUT2D eigenvalue weighted by Gasteiger charge is -2.14. The fraction of sp³-hybridized carbons (Fsp3) is 0.286. The number of para-hydroxylation sites is 1. The quantitative estimate of drug-likeness (QED) is 0.147. The number of H-pyrrole nitrogens is 1. The summed E-state index contributed by atoms with van der Waals surface area (Å²) >= 11 is 0. The molecule has 256 valence electrons. The average Bonchev–Trinajstić information content (AvgIpc) is 3.53. The average molecular weight is 668 g/mol. The van der Waals surface area contributed by atoms with Crippen molar-refractivity contribution in [2.24, 2.45) is 5.92 Å². The van der Waals surface area contributed by atoms with Gasteiger partial charge in [-0.2, -0.15) is 0 Å². The van der Waals surface area contributed by atoms with Crippen LogP contribution in [0.3, 0.4) is 0 Å². The summed E-state index contributed by atoms with van der Waals surface area (Å²) in [5, 5.41) is 2.07. The number of benzene rings is 4. The van der Waals surface area contributed by atoms with Crippen LogP contribution >= 0.6 is 0 Å². The lowest BCUT2D eigenvalue weighted by Crippen LogP contribution is -2.04.